The molecule has 1 N–H and O–H groups in total. The van der Waals surface area contributed by atoms with Crippen LogP contribution in [0.4, 0.5) is 5.69 Å². The topological polar surface area (TPSA) is 88.5 Å². The number of anilines is 1. The number of amides is 1. The van der Waals surface area contributed by atoms with E-state index < -0.39 is 10.0 Å². The Morgan fingerprint density at radius 1 is 1.13 bits per heavy atom. The first-order chi connectivity index (χ1) is 14.9. The second-order valence-corrected chi connectivity index (χ2v) is 10.7. The lowest BCUT2D eigenvalue weighted by molar-refractivity contribution is -0.116. The van der Waals surface area contributed by atoms with E-state index >= 15 is 0 Å². The van der Waals surface area contributed by atoms with Crippen LogP contribution in [0.5, 0.6) is 0 Å². The van der Waals surface area contributed by atoms with Crippen molar-refractivity contribution < 1.29 is 13.2 Å². The Morgan fingerprint density at radius 3 is 2.61 bits per heavy atom. The van der Waals surface area contributed by atoms with Crippen LogP contribution in [0.2, 0.25) is 0 Å². The van der Waals surface area contributed by atoms with Gasteiger partial charge in [0.15, 0.2) is 0 Å². The number of fused-ring (bicyclic) bond motifs is 1. The molecule has 0 aliphatic carbocycles. The van der Waals surface area contributed by atoms with Crippen LogP contribution in [0.15, 0.2) is 58.2 Å². The molecule has 0 bridgehead atoms. The number of hydrogen-bond donors (Lipinski definition) is 1. The number of nitrogens with one attached hydrogen (secondary N) is 1. The molecule has 4 rings (SSSR count). The minimum absolute atomic E-state index is 0.00489. The number of carbonyl (C=O) groups is 1. The van der Waals surface area contributed by atoms with Crippen LogP contribution < -0.4 is 10.2 Å². The molecule has 9 heteroatoms. The highest BCUT2D eigenvalue weighted by Gasteiger charge is 2.30. The molecule has 0 radical (unpaired) electrons. The molecular weight excluding hydrogens is 434 g/mol. The van der Waals surface area contributed by atoms with Gasteiger partial charge in [0, 0.05) is 31.2 Å². The van der Waals surface area contributed by atoms with Gasteiger partial charge in [-0.3, -0.25) is 14.2 Å². The van der Waals surface area contributed by atoms with E-state index in [1.54, 1.807) is 21.0 Å². The summed E-state index contributed by atoms with van der Waals surface area (Å²) < 4.78 is 29.9. The highest BCUT2D eigenvalue weighted by molar-refractivity contribution is 7.89. The van der Waals surface area contributed by atoms with E-state index in [9.17, 15) is 18.0 Å². The first-order valence-electron chi connectivity index (χ1n) is 10.4. The fraction of sp³-hybridized carbons (Fsp3) is 0.364. The Bertz CT molecular complexity index is 1250. The van der Waals surface area contributed by atoms with Crippen LogP contribution in [0, 0.1) is 0 Å². The molecule has 1 aromatic heterocycles. The second-order valence-electron chi connectivity index (χ2n) is 7.77. The van der Waals surface area contributed by atoms with Crippen molar-refractivity contribution in [2.75, 3.05) is 11.9 Å². The van der Waals surface area contributed by atoms with Crippen molar-refractivity contribution in [2.24, 2.45) is 0 Å². The van der Waals surface area contributed by atoms with Crippen LogP contribution in [-0.4, -0.2) is 35.8 Å². The van der Waals surface area contributed by atoms with E-state index in [0.29, 0.717) is 12.2 Å². The van der Waals surface area contributed by atoms with Gasteiger partial charge in [-0.2, -0.15) is 4.31 Å². The molecular formula is C22H25N3O4S2. The van der Waals surface area contributed by atoms with Gasteiger partial charge in [0.25, 0.3) is 0 Å². The lowest BCUT2D eigenvalue weighted by atomic mass is 10.1. The van der Waals surface area contributed by atoms with Crippen molar-refractivity contribution in [2.45, 2.75) is 50.1 Å². The zero-order valence-corrected chi connectivity index (χ0v) is 18.9. The van der Waals surface area contributed by atoms with Crippen molar-refractivity contribution in [3.8, 4) is 0 Å². The molecule has 1 fully saturated rings. The number of piperidine rings is 1. The molecule has 1 atom stereocenters. The van der Waals surface area contributed by atoms with E-state index in [-0.39, 0.29) is 34.7 Å². The van der Waals surface area contributed by atoms with Crippen molar-refractivity contribution >= 4 is 43.2 Å². The minimum Gasteiger partial charge on any atom is -0.326 e. The lowest BCUT2D eigenvalue weighted by Crippen LogP contribution is -2.41. The largest absolute Gasteiger partial charge is 0.326 e. The number of nitrogens with zero attached hydrogens (tertiary/aromatic N) is 2. The number of hydrogen-bond acceptors (Lipinski definition) is 5. The van der Waals surface area contributed by atoms with Gasteiger partial charge in [0.1, 0.15) is 0 Å². The van der Waals surface area contributed by atoms with Gasteiger partial charge in [-0.05, 0) is 56.2 Å². The van der Waals surface area contributed by atoms with Crippen molar-refractivity contribution in [3.63, 3.8) is 0 Å². The van der Waals surface area contributed by atoms with Gasteiger partial charge in [-0.1, -0.05) is 29.9 Å². The summed E-state index contributed by atoms with van der Waals surface area (Å²) in [7, 11) is -3.54. The standard InChI is InChI=1S/C22H25N3O4S2/c1-16-6-4-5-14-25(16)31(28,29)18-11-9-17(10-12-18)23-21(26)13-15-24-19-7-2-3-8-20(19)30-22(24)27/h2-3,7-12,16H,4-6,13-15H2,1H3,(H,23,26)/t16-/m1/s1. The maximum atomic E-state index is 12.9. The van der Waals surface area contributed by atoms with Crippen LogP contribution in [0.1, 0.15) is 32.6 Å². The maximum Gasteiger partial charge on any atom is 0.308 e. The normalized spacial score (nSPS) is 17.6. The second kappa shape index (κ2) is 8.94. The van der Waals surface area contributed by atoms with E-state index in [1.807, 2.05) is 31.2 Å². The Kier molecular flexibility index (Phi) is 6.27. The molecule has 0 saturated carbocycles. The summed E-state index contributed by atoms with van der Waals surface area (Å²) in [5.41, 5.74) is 1.35. The molecule has 0 unspecified atom stereocenters. The molecule has 164 valence electrons. The van der Waals surface area contributed by atoms with E-state index in [4.69, 9.17) is 0 Å². The molecule has 0 spiro atoms. The van der Waals surface area contributed by atoms with Gasteiger partial charge in [-0.15, -0.1) is 0 Å². The quantitative estimate of drug-likeness (QED) is 0.609. The Hall–Kier alpha value is -2.49. The number of thiazole rings is 1. The third-order valence-corrected chi connectivity index (χ3v) is 8.61. The minimum atomic E-state index is -3.54. The molecule has 2 aromatic carbocycles. The number of benzene rings is 2. The molecule has 1 saturated heterocycles. The number of para-hydroxylation sites is 1. The van der Waals surface area contributed by atoms with Crippen molar-refractivity contribution in [1.82, 2.24) is 8.87 Å². The zero-order valence-electron chi connectivity index (χ0n) is 17.3. The summed E-state index contributed by atoms with van der Waals surface area (Å²) >= 11 is 1.16. The van der Waals surface area contributed by atoms with Gasteiger partial charge < -0.3 is 5.32 Å². The third-order valence-electron chi connectivity index (χ3n) is 5.62. The van der Waals surface area contributed by atoms with Gasteiger partial charge in [0.2, 0.25) is 15.9 Å². The first kappa shape index (κ1) is 21.7. The Labute approximate surface area is 185 Å². The third kappa shape index (κ3) is 4.58. The summed E-state index contributed by atoms with van der Waals surface area (Å²) in [5.74, 6) is -0.234. The van der Waals surface area contributed by atoms with E-state index in [0.717, 1.165) is 40.8 Å². The predicted octanol–water partition coefficient (Wildman–Crippen LogP) is 3.65. The SMILES string of the molecule is C[C@@H]1CCCCN1S(=O)(=O)c1ccc(NC(=O)CCn2c(=O)sc3ccccc32)cc1. The maximum absolute atomic E-state index is 12.9. The monoisotopic (exact) mass is 459 g/mol. The van der Waals surface area contributed by atoms with E-state index in [2.05, 4.69) is 5.32 Å². The van der Waals surface area contributed by atoms with Gasteiger partial charge in [0.05, 0.1) is 15.1 Å². The number of aromatic nitrogens is 1. The summed E-state index contributed by atoms with van der Waals surface area (Å²) in [6, 6.07) is 13.8. The highest BCUT2D eigenvalue weighted by Crippen LogP contribution is 2.26. The predicted molar refractivity (Wildman–Crippen MR) is 123 cm³/mol. The molecule has 31 heavy (non-hydrogen) atoms. The fourth-order valence-corrected chi connectivity index (χ4v) is 6.55. The molecule has 1 aliphatic rings. The summed E-state index contributed by atoms with van der Waals surface area (Å²) in [6.07, 6.45) is 2.94. The summed E-state index contributed by atoms with van der Waals surface area (Å²) in [6.45, 7) is 2.76. The molecule has 1 aliphatic heterocycles. The average molecular weight is 460 g/mol. The van der Waals surface area contributed by atoms with Crippen LogP contribution in [-0.2, 0) is 21.4 Å². The van der Waals surface area contributed by atoms with Crippen LogP contribution >= 0.6 is 11.3 Å². The van der Waals surface area contributed by atoms with E-state index in [1.165, 1.54) is 12.1 Å². The van der Waals surface area contributed by atoms with Crippen LogP contribution in [0.25, 0.3) is 10.2 Å². The molecule has 1 amide bonds. The number of rotatable bonds is 6. The molecule has 7 nitrogen and oxygen atoms in total. The Balaban J connectivity index is 1.40. The highest BCUT2D eigenvalue weighted by atomic mass is 32.2. The zero-order chi connectivity index (χ0) is 22.0. The number of carbonyl (C=O) groups excluding carboxylic acids is 1. The smallest absolute Gasteiger partial charge is 0.308 e. The lowest BCUT2D eigenvalue weighted by Gasteiger charge is -2.32. The fourth-order valence-electron chi connectivity index (χ4n) is 3.94. The molecule has 3 aromatic rings. The van der Waals surface area contributed by atoms with Crippen LogP contribution in [0.3, 0.4) is 0 Å². The summed E-state index contributed by atoms with van der Waals surface area (Å²) in [5, 5.41) is 2.78. The van der Waals surface area contributed by atoms with Crippen molar-refractivity contribution in [1.29, 1.82) is 0 Å². The Morgan fingerprint density at radius 2 is 1.87 bits per heavy atom. The van der Waals surface area contributed by atoms with Gasteiger partial charge >= 0.3 is 4.87 Å². The van der Waals surface area contributed by atoms with Gasteiger partial charge in [-0.25, -0.2) is 8.42 Å². The average Bonchev–Trinajstić information content (AvgIpc) is 3.08. The van der Waals surface area contributed by atoms with Crippen molar-refractivity contribution in [3.05, 3.63) is 58.2 Å². The summed E-state index contributed by atoms with van der Waals surface area (Å²) in [4.78, 5) is 24.7. The number of aryl methyl sites for hydroxylation is 1. The molecule has 2 heterocycles. The number of sulfonamides is 1. The first-order valence-corrected chi connectivity index (χ1v) is 12.6.